The third-order valence-electron chi connectivity index (χ3n) is 2.90. The molecule has 3 rings (SSSR count). The normalized spacial score (nSPS) is 10.6. The van der Waals surface area contributed by atoms with Gasteiger partial charge in [-0.3, -0.25) is 0 Å². The van der Waals surface area contributed by atoms with E-state index in [9.17, 15) is 4.39 Å². The van der Waals surface area contributed by atoms with E-state index in [2.05, 4.69) is 20.4 Å². The van der Waals surface area contributed by atoms with E-state index in [0.29, 0.717) is 17.4 Å². The molecule has 7 heteroatoms. The number of benzene rings is 1. The summed E-state index contributed by atoms with van der Waals surface area (Å²) in [5.41, 5.74) is 1.65. The summed E-state index contributed by atoms with van der Waals surface area (Å²) in [6, 6.07) is 8.03. The molecule has 0 unspecified atom stereocenters. The smallest absolute Gasteiger partial charge is 0.155 e. The second kappa shape index (κ2) is 5.88. The van der Waals surface area contributed by atoms with Crippen LogP contribution in [-0.4, -0.2) is 19.7 Å². The minimum Gasteiger partial charge on any atom is -0.380 e. The van der Waals surface area contributed by atoms with Crippen LogP contribution in [0.1, 0.15) is 5.56 Å². The van der Waals surface area contributed by atoms with E-state index in [1.54, 1.807) is 23.3 Å². The summed E-state index contributed by atoms with van der Waals surface area (Å²) < 4.78 is 14.5. The first-order valence-corrected chi connectivity index (χ1v) is 6.59. The Morgan fingerprint density at radius 2 is 2.14 bits per heavy atom. The Bertz CT molecular complexity index is 728. The van der Waals surface area contributed by atoms with Crippen molar-refractivity contribution in [2.75, 3.05) is 5.32 Å². The molecule has 0 aliphatic heterocycles. The molecule has 0 aliphatic rings. The molecule has 106 valence electrons. The summed E-state index contributed by atoms with van der Waals surface area (Å²) in [7, 11) is 0. The Morgan fingerprint density at radius 1 is 1.24 bits per heavy atom. The first-order valence-electron chi connectivity index (χ1n) is 6.21. The van der Waals surface area contributed by atoms with Crippen LogP contribution < -0.4 is 5.32 Å². The molecule has 0 atom stereocenters. The fourth-order valence-corrected chi connectivity index (χ4v) is 2.05. The van der Waals surface area contributed by atoms with Crippen molar-refractivity contribution in [1.82, 2.24) is 19.7 Å². The molecule has 0 spiro atoms. The van der Waals surface area contributed by atoms with Crippen LogP contribution in [0, 0.1) is 5.82 Å². The summed E-state index contributed by atoms with van der Waals surface area (Å²) in [6.07, 6.45) is 4.71. The highest BCUT2D eigenvalue weighted by molar-refractivity contribution is 6.31. The maximum Gasteiger partial charge on any atom is 0.155 e. The number of aromatic nitrogens is 4. The number of rotatable bonds is 4. The van der Waals surface area contributed by atoms with Crippen molar-refractivity contribution in [2.24, 2.45) is 0 Å². The van der Waals surface area contributed by atoms with Crippen LogP contribution in [0.3, 0.4) is 0 Å². The van der Waals surface area contributed by atoms with Gasteiger partial charge in [-0.25, -0.2) is 19.0 Å². The summed E-state index contributed by atoms with van der Waals surface area (Å²) in [6.45, 7) is 0.490. The van der Waals surface area contributed by atoms with E-state index >= 15 is 0 Å². The summed E-state index contributed by atoms with van der Waals surface area (Å²) in [4.78, 5) is 8.14. The van der Waals surface area contributed by atoms with Gasteiger partial charge in [-0.15, -0.1) is 0 Å². The van der Waals surface area contributed by atoms with E-state index in [1.807, 2.05) is 12.1 Å². The number of nitrogens with zero attached hydrogens (tertiary/aromatic N) is 4. The molecule has 0 saturated heterocycles. The van der Waals surface area contributed by atoms with E-state index in [1.165, 1.54) is 18.5 Å². The molecule has 3 aromatic rings. The van der Waals surface area contributed by atoms with Gasteiger partial charge in [-0.1, -0.05) is 17.7 Å². The SMILES string of the molecule is Fc1ccc(CNc2ccc(-n3cncn3)nc2)c(Cl)c1. The van der Waals surface area contributed by atoms with Gasteiger partial charge in [0.05, 0.1) is 11.9 Å². The van der Waals surface area contributed by atoms with Gasteiger partial charge in [0.2, 0.25) is 0 Å². The topological polar surface area (TPSA) is 55.6 Å². The van der Waals surface area contributed by atoms with Crippen LogP contribution in [0.25, 0.3) is 5.82 Å². The summed E-state index contributed by atoms with van der Waals surface area (Å²) in [5.74, 6) is 0.334. The Kier molecular flexibility index (Phi) is 3.79. The van der Waals surface area contributed by atoms with Gasteiger partial charge in [-0.05, 0) is 29.8 Å². The lowest BCUT2D eigenvalue weighted by atomic mass is 10.2. The highest BCUT2D eigenvalue weighted by Crippen LogP contribution is 2.18. The first kappa shape index (κ1) is 13.5. The van der Waals surface area contributed by atoms with E-state index in [-0.39, 0.29) is 5.82 Å². The molecule has 2 aromatic heterocycles. The zero-order chi connectivity index (χ0) is 14.7. The van der Waals surface area contributed by atoms with Crippen LogP contribution in [0.15, 0.2) is 49.2 Å². The fraction of sp³-hybridized carbons (Fsp3) is 0.0714. The fourth-order valence-electron chi connectivity index (χ4n) is 1.82. The highest BCUT2D eigenvalue weighted by atomic mass is 35.5. The van der Waals surface area contributed by atoms with E-state index in [4.69, 9.17) is 11.6 Å². The lowest BCUT2D eigenvalue weighted by Crippen LogP contribution is -2.02. The number of hydrogen-bond acceptors (Lipinski definition) is 4. The van der Waals surface area contributed by atoms with Gasteiger partial charge in [0.25, 0.3) is 0 Å². The van der Waals surface area contributed by atoms with Crippen LogP contribution in [0.2, 0.25) is 5.02 Å². The first-order chi connectivity index (χ1) is 10.2. The van der Waals surface area contributed by atoms with Gasteiger partial charge in [0.1, 0.15) is 18.5 Å². The lowest BCUT2D eigenvalue weighted by Gasteiger charge is -2.08. The zero-order valence-corrected chi connectivity index (χ0v) is 11.6. The predicted octanol–water partition coefficient (Wildman–Crippen LogP) is 3.07. The molecule has 0 fully saturated rings. The Balaban J connectivity index is 1.68. The maximum absolute atomic E-state index is 13.0. The van der Waals surface area contributed by atoms with Crippen molar-refractivity contribution < 1.29 is 4.39 Å². The number of halogens is 2. The van der Waals surface area contributed by atoms with Gasteiger partial charge in [-0.2, -0.15) is 5.10 Å². The molecule has 0 radical (unpaired) electrons. The molecule has 0 bridgehead atoms. The Hall–Kier alpha value is -2.47. The van der Waals surface area contributed by atoms with Crippen molar-refractivity contribution in [3.05, 3.63) is 65.6 Å². The molecular weight excluding hydrogens is 293 g/mol. The maximum atomic E-state index is 13.0. The number of nitrogens with one attached hydrogen (secondary N) is 1. The molecule has 5 nitrogen and oxygen atoms in total. The third-order valence-corrected chi connectivity index (χ3v) is 3.25. The van der Waals surface area contributed by atoms with Gasteiger partial charge in [0.15, 0.2) is 5.82 Å². The van der Waals surface area contributed by atoms with Crippen molar-refractivity contribution in [1.29, 1.82) is 0 Å². The average molecular weight is 304 g/mol. The van der Waals surface area contributed by atoms with Crippen molar-refractivity contribution >= 4 is 17.3 Å². The predicted molar refractivity (Wildman–Crippen MR) is 77.9 cm³/mol. The number of anilines is 1. The number of pyridine rings is 1. The number of hydrogen-bond donors (Lipinski definition) is 1. The Morgan fingerprint density at radius 3 is 2.81 bits per heavy atom. The van der Waals surface area contributed by atoms with Gasteiger partial charge < -0.3 is 5.32 Å². The van der Waals surface area contributed by atoms with Gasteiger partial charge >= 0.3 is 0 Å². The standard InChI is InChI=1S/C14H11ClFN5/c15-13-5-11(16)2-1-10(13)6-18-12-3-4-14(19-7-12)21-9-17-8-20-21/h1-5,7-9,18H,6H2. The second-order valence-corrected chi connectivity index (χ2v) is 4.74. The Labute approximate surface area is 125 Å². The van der Waals surface area contributed by atoms with Crippen molar-refractivity contribution in [3.63, 3.8) is 0 Å². The molecule has 1 aromatic carbocycles. The molecular formula is C14H11ClFN5. The van der Waals surface area contributed by atoms with E-state index in [0.717, 1.165) is 11.3 Å². The largest absolute Gasteiger partial charge is 0.380 e. The summed E-state index contributed by atoms with van der Waals surface area (Å²) >= 11 is 5.97. The zero-order valence-electron chi connectivity index (χ0n) is 10.9. The molecule has 2 heterocycles. The average Bonchev–Trinajstić information content (AvgIpc) is 3.01. The molecule has 0 saturated carbocycles. The minimum absolute atomic E-state index is 0.345. The van der Waals surface area contributed by atoms with Crippen LogP contribution in [0.4, 0.5) is 10.1 Å². The molecule has 0 amide bonds. The van der Waals surface area contributed by atoms with Crippen LogP contribution >= 0.6 is 11.6 Å². The summed E-state index contributed by atoms with van der Waals surface area (Å²) in [5, 5.41) is 7.58. The molecule has 1 N–H and O–H groups in total. The van der Waals surface area contributed by atoms with Crippen molar-refractivity contribution in [3.8, 4) is 5.82 Å². The van der Waals surface area contributed by atoms with Crippen LogP contribution in [-0.2, 0) is 6.54 Å². The highest BCUT2D eigenvalue weighted by Gasteiger charge is 2.03. The quantitative estimate of drug-likeness (QED) is 0.805. The van der Waals surface area contributed by atoms with E-state index < -0.39 is 0 Å². The lowest BCUT2D eigenvalue weighted by molar-refractivity contribution is 0.627. The third kappa shape index (κ3) is 3.17. The monoisotopic (exact) mass is 303 g/mol. The second-order valence-electron chi connectivity index (χ2n) is 4.33. The van der Waals surface area contributed by atoms with Crippen LogP contribution in [0.5, 0.6) is 0 Å². The van der Waals surface area contributed by atoms with Crippen molar-refractivity contribution in [2.45, 2.75) is 6.54 Å². The van der Waals surface area contributed by atoms with Gasteiger partial charge in [0, 0.05) is 11.6 Å². The minimum atomic E-state index is -0.345. The molecule has 0 aliphatic carbocycles. The molecule has 21 heavy (non-hydrogen) atoms.